The third-order valence-corrected chi connectivity index (χ3v) is 5.52. The van der Waals surface area contributed by atoms with E-state index in [0.717, 1.165) is 20.6 Å². The van der Waals surface area contributed by atoms with E-state index in [0.29, 0.717) is 22.4 Å². The van der Waals surface area contributed by atoms with Gasteiger partial charge in [0, 0.05) is 15.3 Å². The van der Waals surface area contributed by atoms with E-state index in [-0.39, 0.29) is 12.7 Å². The Bertz CT molecular complexity index is 1130. The molecule has 1 atom stereocenters. The molecule has 136 valence electrons. The first-order valence-corrected chi connectivity index (χ1v) is 10.2. The van der Waals surface area contributed by atoms with Gasteiger partial charge < -0.3 is 9.47 Å². The molecule has 1 N–H and O–H groups in total. The molecule has 27 heavy (non-hydrogen) atoms. The number of hydrogen-bond donors (Lipinski definition) is 1. The number of carbonyl (C=O) groups is 1. The van der Waals surface area contributed by atoms with Gasteiger partial charge in [0.2, 0.25) is 6.79 Å². The number of carbonyl (C=O) groups excluding carboxylic acids is 1. The van der Waals surface area contributed by atoms with Gasteiger partial charge in [-0.25, -0.2) is 5.01 Å². The van der Waals surface area contributed by atoms with Crippen molar-refractivity contribution in [1.29, 1.82) is 0 Å². The van der Waals surface area contributed by atoms with Gasteiger partial charge in [-0.15, -0.1) is 5.10 Å². The first kappa shape index (κ1) is 16.6. The van der Waals surface area contributed by atoms with E-state index in [9.17, 15) is 4.79 Å². The van der Waals surface area contributed by atoms with E-state index in [2.05, 4.69) is 26.3 Å². The van der Waals surface area contributed by atoms with Gasteiger partial charge in [-0.2, -0.15) is 0 Å². The molecular weight excluding hydrogens is 432 g/mol. The van der Waals surface area contributed by atoms with Crippen molar-refractivity contribution in [3.8, 4) is 11.5 Å². The summed E-state index contributed by atoms with van der Waals surface area (Å²) in [4.78, 5) is 17.7. The summed E-state index contributed by atoms with van der Waals surface area (Å²) < 4.78 is 11.8. The number of benzene rings is 2. The Labute approximate surface area is 166 Å². The van der Waals surface area contributed by atoms with Crippen LogP contribution in [0.1, 0.15) is 11.7 Å². The minimum atomic E-state index is -0.476. The second-order valence-electron chi connectivity index (χ2n) is 6.03. The van der Waals surface area contributed by atoms with Gasteiger partial charge in [0.1, 0.15) is 5.70 Å². The number of amides is 1. The van der Waals surface area contributed by atoms with Gasteiger partial charge in [-0.3, -0.25) is 15.1 Å². The molecule has 0 fully saturated rings. The van der Waals surface area contributed by atoms with Crippen LogP contribution in [0.5, 0.6) is 11.5 Å². The minimum Gasteiger partial charge on any atom is -0.454 e. The summed E-state index contributed by atoms with van der Waals surface area (Å²) in [7, 11) is 0. The highest BCUT2D eigenvalue weighted by molar-refractivity contribution is 9.10. The molecule has 0 bridgehead atoms. The summed E-state index contributed by atoms with van der Waals surface area (Å²) >= 11 is 4.85. The number of nitrogens with one attached hydrogen (secondary N) is 1. The number of hydrazone groups is 1. The molecule has 0 unspecified atom stereocenters. The van der Waals surface area contributed by atoms with Gasteiger partial charge in [-0.1, -0.05) is 33.8 Å². The molecule has 1 amide bonds. The quantitative estimate of drug-likeness (QED) is 0.723. The van der Waals surface area contributed by atoms with Crippen LogP contribution in [-0.4, -0.2) is 29.1 Å². The number of hydrogen-bond acceptors (Lipinski definition) is 7. The van der Waals surface area contributed by atoms with E-state index >= 15 is 0 Å². The van der Waals surface area contributed by atoms with Crippen LogP contribution in [0.15, 0.2) is 51.0 Å². The highest BCUT2D eigenvalue weighted by Gasteiger charge is 2.34. The second-order valence-corrected chi connectivity index (χ2v) is 7.74. The van der Waals surface area contributed by atoms with Crippen molar-refractivity contribution in [3.63, 3.8) is 0 Å². The topological polar surface area (TPSA) is 75.5 Å². The number of fused-ring (bicyclic) bond motifs is 3. The Morgan fingerprint density at radius 2 is 2.07 bits per heavy atom. The van der Waals surface area contributed by atoms with Crippen LogP contribution >= 0.6 is 27.7 Å². The summed E-state index contributed by atoms with van der Waals surface area (Å²) in [6.45, 7) is 0.204. The zero-order valence-corrected chi connectivity index (χ0v) is 16.5. The fourth-order valence-corrected chi connectivity index (χ4v) is 3.96. The first-order valence-electron chi connectivity index (χ1n) is 8.14. The Morgan fingerprint density at radius 3 is 2.93 bits per heavy atom. The number of halogens is 1. The zero-order valence-electron chi connectivity index (χ0n) is 14.1. The van der Waals surface area contributed by atoms with Gasteiger partial charge in [-0.05, 0) is 36.6 Å². The van der Waals surface area contributed by atoms with Crippen molar-refractivity contribution in [2.24, 2.45) is 10.1 Å². The van der Waals surface area contributed by atoms with Crippen LogP contribution in [-0.2, 0) is 4.79 Å². The minimum absolute atomic E-state index is 0.200. The maximum atomic E-state index is 12.9. The van der Waals surface area contributed by atoms with E-state index in [1.165, 1.54) is 11.8 Å². The van der Waals surface area contributed by atoms with E-state index in [1.807, 2.05) is 42.7 Å². The molecule has 0 radical (unpaired) electrons. The highest BCUT2D eigenvalue weighted by Crippen LogP contribution is 2.37. The Morgan fingerprint density at radius 1 is 1.22 bits per heavy atom. The Kier molecular flexibility index (Phi) is 3.87. The largest absolute Gasteiger partial charge is 0.454 e. The number of thioether (sulfide) groups is 1. The molecule has 2 aromatic carbocycles. The van der Waals surface area contributed by atoms with Crippen molar-refractivity contribution in [2.75, 3.05) is 13.0 Å². The number of nitrogens with zero attached hydrogens (tertiary/aromatic N) is 3. The van der Waals surface area contributed by atoms with Crippen LogP contribution in [0, 0.1) is 0 Å². The zero-order chi connectivity index (χ0) is 18.5. The van der Waals surface area contributed by atoms with Crippen LogP contribution < -0.4 is 25.4 Å². The molecule has 2 aromatic rings. The molecule has 0 aromatic heterocycles. The van der Waals surface area contributed by atoms with Gasteiger partial charge in [0.05, 0.1) is 5.36 Å². The SMILES string of the molecule is CSC1=NN2C(=c3cc(Br)ccc3=N[C@@H]2c2ccc3c(c2)OCO3)C(=O)N1. The smallest absolute Gasteiger partial charge is 0.276 e. The predicted molar refractivity (Wildman–Crippen MR) is 105 cm³/mol. The summed E-state index contributed by atoms with van der Waals surface area (Å²) in [5.74, 6) is 1.17. The third kappa shape index (κ3) is 2.69. The number of amidine groups is 1. The average molecular weight is 445 g/mol. The lowest BCUT2D eigenvalue weighted by molar-refractivity contribution is -0.116. The molecule has 5 rings (SSSR count). The highest BCUT2D eigenvalue weighted by atomic mass is 79.9. The van der Waals surface area contributed by atoms with Crippen molar-refractivity contribution >= 4 is 44.5 Å². The van der Waals surface area contributed by atoms with Crippen LogP contribution in [0.3, 0.4) is 0 Å². The predicted octanol–water partition coefficient (Wildman–Crippen LogP) is 1.68. The molecule has 3 aliphatic heterocycles. The average Bonchev–Trinajstić information content (AvgIpc) is 3.14. The Hall–Kier alpha value is -2.52. The maximum absolute atomic E-state index is 12.9. The lowest BCUT2D eigenvalue weighted by Gasteiger charge is -2.34. The monoisotopic (exact) mass is 444 g/mol. The summed E-state index contributed by atoms with van der Waals surface area (Å²) in [5.41, 5.74) is 1.34. The maximum Gasteiger partial charge on any atom is 0.276 e. The summed E-state index contributed by atoms with van der Waals surface area (Å²) in [6.07, 6.45) is 1.39. The van der Waals surface area contributed by atoms with Gasteiger partial charge in [0.25, 0.3) is 5.91 Å². The molecule has 0 spiro atoms. The fraction of sp³-hybridized carbons (Fsp3) is 0.167. The van der Waals surface area contributed by atoms with Crippen molar-refractivity contribution < 1.29 is 14.3 Å². The normalized spacial score (nSPS) is 19.7. The van der Waals surface area contributed by atoms with Crippen molar-refractivity contribution in [2.45, 2.75) is 6.17 Å². The van der Waals surface area contributed by atoms with Crippen LogP contribution in [0.4, 0.5) is 0 Å². The molecule has 3 aliphatic rings. The van der Waals surface area contributed by atoms with Crippen LogP contribution in [0.2, 0.25) is 0 Å². The lowest BCUT2D eigenvalue weighted by atomic mass is 10.1. The summed E-state index contributed by atoms with van der Waals surface area (Å²) in [6, 6.07) is 11.4. The molecule has 0 aliphatic carbocycles. The van der Waals surface area contributed by atoms with Crippen molar-refractivity contribution in [1.82, 2.24) is 10.3 Å². The van der Waals surface area contributed by atoms with E-state index < -0.39 is 6.17 Å². The number of ether oxygens (including phenoxy) is 2. The lowest BCUT2D eigenvalue weighted by Crippen LogP contribution is -2.50. The van der Waals surface area contributed by atoms with Crippen LogP contribution in [0.25, 0.3) is 5.70 Å². The molecule has 7 nitrogen and oxygen atoms in total. The summed E-state index contributed by atoms with van der Waals surface area (Å²) in [5, 5.41) is 11.1. The Balaban J connectivity index is 1.75. The molecule has 3 heterocycles. The van der Waals surface area contributed by atoms with Crippen molar-refractivity contribution in [3.05, 3.63) is 57.0 Å². The second kappa shape index (κ2) is 6.28. The molecule has 0 saturated carbocycles. The van der Waals surface area contributed by atoms with E-state index in [4.69, 9.17) is 14.5 Å². The third-order valence-electron chi connectivity index (χ3n) is 4.46. The van der Waals surface area contributed by atoms with Gasteiger partial charge in [0.15, 0.2) is 22.8 Å². The molecular formula is C18H13BrN4O3S. The molecule has 0 saturated heterocycles. The standard InChI is InChI=1S/C18H13BrN4O3S/c1-27-18-21-17(24)15-11-7-10(19)3-4-12(11)20-16(23(15)22-18)9-2-5-13-14(6-9)26-8-25-13/h2-7,16H,8H2,1H3,(H,21,22,24)/t16-/m0/s1. The fourth-order valence-electron chi connectivity index (χ4n) is 3.23. The number of rotatable bonds is 1. The van der Waals surface area contributed by atoms with E-state index in [1.54, 1.807) is 5.01 Å². The van der Waals surface area contributed by atoms with Gasteiger partial charge >= 0.3 is 0 Å². The first-order chi connectivity index (χ1) is 13.1. The molecule has 9 heteroatoms.